The van der Waals surface area contributed by atoms with Crippen molar-refractivity contribution in [3.63, 3.8) is 0 Å². The van der Waals surface area contributed by atoms with Crippen LogP contribution < -0.4 is 71.6 Å². The van der Waals surface area contributed by atoms with E-state index < -0.39 is 101 Å². The fraction of sp³-hybridized carbons (Fsp3) is 0.490. The number of para-hydroxylation sites is 1. The Balaban J connectivity index is 1.53. The lowest BCUT2D eigenvalue weighted by atomic mass is 10.0. The van der Waals surface area contributed by atoms with Crippen LogP contribution in [0.2, 0.25) is 0 Å². The molecule has 0 bridgehead atoms. The maximum Gasteiger partial charge on any atom is 0.245 e. The minimum atomic E-state index is -1.44. The zero-order chi connectivity index (χ0) is 54.6. The van der Waals surface area contributed by atoms with Crippen LogP contribution in [0.1, 0.15) is 75.8 Å². The molecule has 2 saturated heterocycles. The number of hydrogen-bond donors (Lipinski definition) is 14. The lowest BCUT2D eigenvalue weighted by Crippen LogP contribution is -2.60. The molecule has 8 atom stereocenters. The third-order valence-electron chi connectivity index (χ3n) is 12.7. The smallest absolute Gasteiger partial charge is 0.245 e. The molecule has 2 aliphatic heterocycles. The second-order valence-electron chi connectivity index (χ2n) is 18.6. The van der Waals surface area contributed by atoms with Crippen molar-refractivity contribution in [1.82, 2.24) is 47.1 Å². The molecular weight excluding hydrogens is 971 g/mol. The molecule has 0 aliphatic carbocycles. The van der Waals surface area contributed by atoms with Crippen LogP contribution >= 0.6 is 0 Å². The van der Waals surface area contributed by atoms with Crippen molar-refractivity contribution in [2.24, 2.45) is 44.4 Å². The maximum absolute atomic E-state index is 14.7. The monoisotopic (exact) mass is 1040 g/mol. The second-order valence-corrected chi connectivity index (χ2v) is 18.6. The highest BCUT2D eigenvalue weighted by molar-refractivity contribution is 5.98. The number of aromatic nitrogens is 1. The first kappa shape index (κ1) is 57.6. The minimum absolute atomic E-state index is 0.00599. The van der Waals surface area contributed by atoms with Crippen molar-refractivity contribution in [3.8, 4) is 0 Å². The van der Waals surface area contributed by atoms with Crippen LogP contribution in [-0.2, 0) is 56.0 Å². The predicted molar refractivity (Wildman–Crippen MR) is 278 cm³/mol. The summed E-state index contributed by atoms with van der Waals surface area (Å²) in [6.07, 6.45) is 1.41. The molecule has 2 aromatic carbocycles. The van der Waals surface area contributed by atoms with Gasteiger partial charge in [-0.3, -0.25) is 53.1 Å². The molecular formula is C49H71N17O9. The van der Waals surface area contributed by atoms with E-state index in [0.29, 0.717) is 11.1 Å². The minimum Gasteiger partial charge on any atom is -0.370 e. The first-order valence-electron chi connectivity index (χ1n) is 24.9. The Morgan fingerprint density at radius 1 is 0.760 bits per heavy atom. The Bertz CT molecular complexity index is 2560. The maximum atomic E-state index is 14.7. The number of guanidine groups is 2. The number of benzene rings is 2. The SMILES string of the molecule is CC(=O)NC(CCCN=C(N)N)C(=O)NC1CCC(=O)NCCCC(C(N)=O)NC(=O)C(Cc2c[nH]c3ccccc23)NC(=O)C(CCCN=C(N)N)NC(=O)C(Cc2ccccc2)NC(=O)C2CC(N)CN2C1=O. The number of primary amides is 1. The summed E-state index contributed by atoms with van der Waals surface area (Å²) in [5, 5.41) is 19.7. The van der Waals surface area contributed by atoms with Crippen molar-refractivity contribution in [3.05, 3.63) is 71.9 Å². The molecule has 26 heteroatoms. The van der Waals surface area contributed by atoms with E-state index in [1.165, 1.54) is 11.8 Å². The summed E-state index contributed by atoms with van der Waals surface area (Å²) >= 11 is 0. The lowest BCUT2D eigenvalue weighted by Gasteiger charge is -2.31. The molecule has 0 spiro atoms. The number of amides is 9. The van der Waals surface area contributed by atoms with E-state index in [0.717, 1.165) is 10.9 Å². The fourth-order valence-corrected chi connectivity index (χ4v) is 8.94. The van der Waals surface area contributed by atoms with Gasteiger partial charge in [0, 0.05) is 75.5 Å². The second kappa shape index (κ2) is 28.2. The van der Waals surface area contributed by atoms with Gasteiger partial charge in [-0.1, -0.05) is 48.5 Å². The Labute approximate surface area is 433 Å². The van der Waals surface area contributed by atoms with Crippen molar-refractivity contribution in [1.29, 1.82) is 0 Å². The Hall–Kier alpha value is -8.29. The molecule has 3 heterocycles. The predicted octanol–water partition coefficient (Wildman–Crippen LogP) is -3.91. The standard InChI is InChI=1S/C49H71N17O9/c1-27(67)60-34(15-8-20-57-48(52)53)42(70)63-36-17-18-40(68)56-19-7-14-33(41(51)69)61-45(73)38(23-29-25-59-32-13-6-5-12-31(29)32)64-43(71)35(16-9-21-58-49(54)55)62-44(72)37(22-28-10-3-2-4-11-28)65-46(74)39-24-30(50)26-66(39)47(36)75/h2-6,10-13,25,30,33-39,59H,7-9,14-24,26,50H2,1H3,(H2,51,69)(H,56,68)(H,60,67)(H,61,73)(H,62,72)(H,63,70)(H,64,71)(H,65,74)(H4,52,53,57)(H4,54,55,58). The average molecular weight is 1040 g/mol. The van der Waals surface area contributed by atoms with Crippen LogP contribution in [-0.4, -0.2) is 149 Å². The molecule has 0 saturated carbocycles. The molecule has 8 unspecified atom stereocenters. The molecule has 5 rings (SSSR count). The molecule has 75 heavy (non-hydrogen) atoms. The number of carbonyl (C=O) groups excluding carboxylic acids is 9. The highest BCUT2D eigenvalue weighted by Gasteiger charge is 2.43. The van der Waals surface area contributed by atoms with Gasteiger partial charge in [-0.2, -0.15) is 0 Å². The third kappa shape index (κ3) is 18.0. The van der Waals surface area contributed by atoms with E-state index in [-0.39, 0.29) is 109 Å². The van der Waals surface area contributed by atoms with Gasteiger partial charge in [-0.15, -0.1) is 0 Å². The van der Waals surface area contributed by atoms with Crippen LogP contribution in [0.3, 0.4) is 0 Å². The average Bonchev–Trinajstić information content (AvgIpc) is 3.97. The number of aliphatic imine (C=N–C) groups is 2. The zero-order valence-electron chi connectivity index (χ0n) is 42.0. The molecule has 3 aromatic rings. The summed E-state index contributed by atoms with van der Waals surface area (Å²) in [7, 11) is 0. The number of nitrogens with zero attached hydrogens (tertiary/aromatic N) is 3. The van der Waals surface area contributed by atoms with Crippen LogP contribution in [0, 0.1) is 0 Å². The van der Waals surface area contributed by atoms with Crippen molar-refractivity contribution in [2.45, 2.75) is 126 Å². The molecule has 1 aromatic heterocycles. The van der Waals surface area contributed by atoms with Crippen LogP contribution in [0.4, 0.5) is 0 Å². The number of nitrogens with two attached hydrogens (primary N) is 6. The molecule has 2 fully saturated rings. The van der Waals surface area contributed by atoms with Gasteiger partial charge < -0.3 is 81.5 Å². The molecule has 20 N–H and O–H groups in total. The van der Waals surface area contributed by atoms with Gasteiger partial charge in [-0.25, -0.2) is 0 Å². The summed E-state index contributed by atoms with van der Waals surface area (Å²) < 4.78 is 0. The van der Waals surface area contributed by atoms with Crippen LogP contribution in [0.25, 0.3) is 10.9 Å². The van der Waals surface area contributed by atoms with E-state index in [9.17, 15) is 43.2 Å². The van der Waals surface area contributed by atoms with E-state index in [1.807, 2.05) is 24.3 Å². The summed E-state index contributed by atoms with van der Waals surface area (Å²) in [5.41, 5.74) is 36.3. The van der Waals surface area contributed by atoms with Crippen molar-refractivity contribution >= 4 is 76.0 Å². The van der Waals surface area contributed by atoms with E-state index in [4.69, 9.17) is 34.4 Å². The van der Waals surface area contributed by atoms with Crippen molar-refractivity contribution < 1.29 is 43.2 Å². The number of nitrogens with one attached hydrogen (secondary N) is 8. The van der Waals surface area contributed by atoms with Gasteiger partial charge in [0.05, 0.1) is 0 Å². The molecule has 0 radical (unpaired) electrons. The normalized spacial score (nSPS) is 23.0. The van der Waals surface area contributed by atoms with Gasteiger partial charge in [-0.05, 0) is 68.6 Å². The Morgan fingerprint density at radius 3 is 2.08 bits per heavy atom. The number of hydrogen-bond acceptors (Lipinski definition) is 12. The zero-order valence-corrected chi connectivity index (χ0v) is 42.0. The van der Waals surface area contributed by atoms with Gasteiger partial charge in [0.25, 0.3) is 0 Å². The number of H-pyrrole nitrogens is 1. The third-order valence-corrected chi connectivity index (χ3v) is 12.7. The number of carbonyl (C=O) groups is 9. The van der Waals surface area contributed by atoms with Crippen LogP contribution in [0.15, 0.2) is 70.8 Å². The Kier molecular flexibility index (Phi) is 21.7. The van der Waals surface area contributed by atoms with E-state index in [2.05, 4.69) is 52.2 Å². The van der Waals surface area contributed by atoms with Gasteiger partial charge in [0.2, 0.25) is 53.2 Å². The van der Waals surface area contributed by atoms with Gasteiger partial charge in [0.15, 0.2) is 11.9 Å². The number of aromatic amines is 1. The summed E-state index contributed by atoms with van der Waals surface area (Å²) in [6.45, 7) is 1.25. The quantitative estimate of drug-likeness (QED) is 0.0371. The first-order chi connectivity index (χ1) is 35.8. The number of rotatable bonds is 16. The topological polar surface area (TPSA) is 438 Å². The molecule has 9 amide bonds. The van der Waals surface area contributed by atoms with Crippen LogP contribution in [0.5, 0.6) is 0 Å². The first-order valence-corrected chi connectivity index (χ1v) is 24.9. The van der Waals surface area contributed by atoms with Crippen molar-refractivity contribution in [2.75, 3.05) is 26.2 Å². The lowest BCUT2D eigenvalue weighted by molar-refractivity contribution is -0.143. The van der Waals surface area contributed by atoms with E-state index >= 15 is 0 Å². The fourth-order valence-electron chi connectivity index (χ4n) is 8.94. The molecule has 2 aliphatic rings. The summed E-state index contributed by atoms with van der Waals surface area (Å²) in [4.78, 5) is 137. The van der Waals surface area contributed by atoms with Gasteiger partial charge >= 0.3 is 0 Å². The molecule has 26 nitrogen and oxygen atoms in total. The van der Waals surface area contributed by atoms with Gasteiger partial charge in [0.1, 0.15) is 42.3 Å². The highest BCUT2D eigenvalue weighted by Crippen LogP contribution is 2.22. The molecule has 406 valence electrons. The highest BCUT2D eigenvalue weighted by atomic mass is 16.2. The summed E-state index contributed by atoms with van der Waals surface area (Å²) in [6, 6.07) is 6.09. The summed E-state index contributed by atoms with van der Waals surface area (Å²) in [5.74, 6) is -7.04. The largest absolute Gasteiger partial charge is 0.370 e. The Morgan fingerprint density at radius 2 is 1.39 bits per heavy atom. The number of fused-ring (bicyclic) bond motifs is 2. The van der Waals surface area contributed by atoms with E-state index in [1.54, 1.807) is 36.5 Å².